The summed E-state index contributed by atoms with van der Waals surface area (Å²) in [6, 6.07) is 2.99. The monoisotopic (exact) mass is 337 g/mol. The number of nitrogens with two attached hydrogens (primary N) is 1. The second kappa shape index (κ2) is 7.67. The van der Waals surface area contributed by atoms with Crippen LogP contribution in [0.25, 0.3) is 0 Å². The van der Waals surface area contributed by atoms with E-state index in [4.69, 9.17) is 10.5 Å². The number of benzene rings is 1. The third kappa shape index (κ3) is 5.79. The Morgan fingerprint density at radius 3 is 2.38 bits per heavy atom. The van der Waals surface area contributed by atoms with E-state index in [0.29, 0.717) is 16.8 Å². The van der Waals surface area contributed by atoms with Gasteiger partial charge < -0.3 is 25.8 Å². The van der Waals surface area contributed by atoms with Crippen LogP contribution < -0.4 is 16.4 Å². The Balaban J connectivity index is 2.73. The number of anilines is 2. The van der Waals surface area contributed by atoms with Gasteiger partial charge in [0.05, 0.1) is 24.0 Å². The Morgan fingerprint density at radius 1 is 1.21 bits per heavy atom. The maximum atomic E-state index is 11.9. The minimum Gasteiger partial charge on any atom is -0.465 e. The number of methoxy groups -OCH3 is 1. The minimum atomic E-state index is -0.704. The standard InChI is InChI=1S/C16H23N3O5/c1-9-6-11(17)12(7-10(9)14(21)23-5)19-13(20)8-18-15(22)24-16(2,3)4/h6-7H,8,17H2,1-5H3,(H,18,22)(H,19,20). The van der Waals surface area contributed by atoms with Crippen LogP contribution in [0, 0.1) is 6.92 Å². The number of alkyl carbamates (subject to hydrolysis) is 1. The van der Waals surface area contributed by atoms with Crippen LogP contribution in [0.4, 0.5) is 16.2 Å². The quantitative estimate of drug-likeness (QED) is 0.569. The molecule has 0 aliphatic heterocycles. The first-order valence-electron chi connectivity index (χ1n) is 7.28. The van der Waals surface area contributed by atoms with Crippen LogP contribution in [0.2, 0.25) is 0 Å². The van der Waals surface area contributed by atoms with Crippen molar-refractivity contribution in [3.05, 3.63) is 23.3 Å². The van der Waals surface area contributed by atoms with Gasteiger partial charge in [-0.1, -0.05) is 0 Å². The molecule has 1 aromatic carbocycles. The molecule has 1 aromatic rings. The van der Waals surface area contributed by atoms with E-state index in [-0.39, 0.29) is 12.2 Å². The summed E-state index contributed by atoms with van der Waals surface area (Å²) in [4.78, 5) is 35.1. The number of amides is 2. The maximum Gasteiger partial charge on any atom is 0.408 e. The van der Waals surface area contributed by atoms with Crippen molar-refractivity contribution in [3.63, 3.8) is 0 Å². The van der Waals surface area contributed by atoms with Gasteiger partial charge in [-0.15, -0.1) is 0 Å². The van der Waals surface area contributed by atoms with Gasteiger partial charge >= 0.3 is 12.1 Å². The number of nitrogen functional groups attached to an aromatic ring is 1. The summed E-state index contributed by atoms with van der Waals surface area (Å²) in [5.41, 5.74) is 6.67. The predicted molar refractivity (Wildman–Crippen MR) is 89.8 cm³/mol. The van der Waals surface area contributed by atoms with Crippen LogP contribution in [-0.2, 0) is 14.3 Å². The third-order valence-corrected chi connectivity index (χ3v) is 2.87. The zero-order valence-electron chi connectivity index (χ0n) is 14.5. The number of ether oxygens (including phenoxy) is 2. The van der Waals surface area contributed by atoms with Crippen molar-refractivity contribution in [2.24, 2.45) is 0 Å². The Bertz CT molecular complexity index is 650. The highest BCUT2D eigenvalue weighted by molar-refractivity contribution is 5.99. The number of aryl methyl sites for hydroxylation is 1. The molecule has 0 heterocycles. The van der Waals surface area contributed by atoms with Gasteiger partial charge in [-0.25, -0.2) is 9.59 Å². The van der Waals surface area contributed by atoms with Crippen molar-refractivity contribution < 1.29 is 23.9 Å². The molecule has 0 atom stereocenters. The lowest BCUT2D eigenvalue weighted by atomic mass is 10.1. The second-order valence-corrected chi connectivity index (χ2v) is 6.15. The molecule has 0 aromatic heterocycles. The van der Waals surface area contributed by atoms with Crippen LogP contribution >= 0.6 is 0 Å². The van der Waals surface area contributed by atoms with E-state index in [2.05, 4.69) is 15.4 Å². The Morgan fingerprint density at radius 2 is 1.83 bits per heavy atom. The van der Waals surface area contributed by atoms with Crippen molar-refractivity contribution >= 4 is 29.3 Å². The fourth-order valence-corrected chi connectivity index (χ4v) is 1.83. The van der Waals surface area contributed by atoms with Crippen molar-refractivity contribution in [1.29, 1.82) is 0 Å². The molecule has 0 aliphatic rings. The zero-order valence-corrected chi connectivity index (χ0v) is 14.5. The summed E-state index contributed by atoms with van der Waals surface area (Å²) in [6.45, 7) is 6.56. The van der Waals surface area contributed by atoms with Gasteiger partial charge in [0.15, 0.2) is 0 Å². The Hall–Kier alpha value is -2.77. The van der Waals surface area contributed by atoms with E-state index in [9.17, 15) is 14.4 Å². The number of rotatable bonds is 4. The zero-order chi connectivity index (χ0) is 18.5. The third-order valence-electron chi connectivity index (χ3n) is 2.87. The van der Waals surface area contributed by atoms with Gasteiger partial charge in [0, 0.05) is 0 Å². The molecule has 0 spiro atoms. The van der Waals surface area contributed by atoms with E-state index in [0.717, 1.165) is 0 Å². The first kappa shape index (κ1) is 19.3. The summed E-state index contributed by atoms with van der Waals surface area (Å²) in [7, 11) is 1.27. The lowest BCUT2D eigenvalue weighted by Gasteiger charge is -2.19. The number of esters is 1. The molecule has 132 valence electrons. The maximum absolute atomic E-state index is 11.9. The molecule has 8 heteroatoms. The van der Waals surface area contributed by atoms with Gasteiger partial charge in [0.25, 0.3) is 0 Å². The predicted octanol–water partition coefficient (Wildman–Crippen LogP) is 1.83. The second-order valence-electron chi connectivity index (χ2n) is 6.15. The SMILES string of the molecule is COC(=O)c1cc(NC(=O)CNC(=O)OC(C)(C)C)c(N)cc1C. The van der Waals surface area contributed by atoms with Gasteiger partial charge in [-0.2, -0.15) is 0 Å². The van der Waals surface area contributed by atoms with Crippen molar-refractivity contribution in [3.8, 4) is 0 Å². The molecular formula is C16H23N3O5. The average molecular weight is 337 g/mol. The molecule has 4 N–H and O–H groups in total. The largest absolute Gasteiger partial charge is 0.465 e. The van der Waals surface area contributed by atoms with Crippen molar-refractivity contribution in [1.82, 2.24) is 5.32 Å². The number of hydrogen-bond acceptors (Lipinski definition) is 6. The van der Waals surface area contributed by atoms with E-state index in [1.807, 2.05) is 0 Å². The molecular weight excluding hydrogens is 314 g/mol. The van der Waals surface area contributed by atoms with Crippen molar-refractivity contribution in [2.45, 2.75) is 33.3 Å². The van der Waals surface area contributed by atoms with E-state index in [1.165, 1.54) is 13.2 Å². The van der Waals surface area contributed by atoms with Gasteiger partial charge in [-0.05, 0) is 45.4 Å². The molecule has 0 saturated carbocycles. The number of carbonyl (C=O) groups excluding carboxylic acids is 3. The Kier molecular flexibility index (Phi) is 6.16. The number of nitrogens with one attached hydrogen (secondary N) is 2. The summed E-state index contributed by atoms with van der Waals surface area (Å²) in [5.74, 6) is -1.04. The molecule has 2 amide bonds. The molecule has 0 fully saturated rings. The van der Waals surface area contributed by atoms with Crippen molar-refractivity contribution in [2.75, 3.05) is 24.7 Å². The topological polar surface area (TPSA) is 120 Å². The lowest BCUT2D eigenvalue weighted by molar-refractivity contribution is -0.115. The smallest absolute Gasteiger partial charge is 0.408 e. The van der Waals surface area contributed by atoms with E-state index >= 15 is 0 Å². The van der Waals surface area contributed by atoms with Crippen LogP contribution in [-0.4, -0.2) is 37.2 Å². The van der Waals surface area contributed by atoms with E-state index in [1.54, 1.807) is 33.8 Å². The minimum absolute atomic E-state index is 0.261. The number of carbonyl (C=O) groups is 3. The summed E-state index contributed by atoms with van der Waals surface area (Å²) >= 11 is 0. The molecule has 0 radical (unpaired) electrons. The van der Waals surface area contributed by atoms with Gasteiger partial charge in [0.1, 0.15) is 12.1 Å². The first-order chi connectivity index (χ1) is 11.0. The van der Waals surface area contributed by atoms with Crippen LogP contribution in [0.15, 0.2) is 12.1 Å². The highest BCUT2D eigenvalue weighted by Crippen LogP contribution is 2.24. The highest BCUT2D eigenvalue weighted by Gasteiger charge is 2.17. The van der Waals surface area contributed by atoms with Gasteiger partial charge in [0.2, 0.25) is 5.91 Å². The molecule has 0 saturated heterocycles. The molecule has 24 heavy (non-hydrogen) atoms. The summed E-state index contributed by atoms with van der Waals surface area (Å²) in [5, 5.41) is 4.87. The first-order valence-corrected chi connectivity index (χ1v) is 7.28. The van der Waals surface area contributed by atoms with Gasteiger partial charge in [-0.3, -0.25) is 4.79 Å². The fraction of sp³-hybridized carbons (Fsp3) is 0.438. The van der Waals surface area contributed by atoms with Crippen LogP contribution in [0.1, 0.15) is 36.7 Å². The summed E-state index contributed by atoms with van der Waals surface area (Å²) in [6.07, 6.45) is -0.704. The van der Waals surface area contributed by atoms with Crippen LogP contribution in [0.3, 0.4) is 0 Å². The molecule has 1 rings (SSSR count). The summed E-state index contributed by atoms with van der Waals surface area (Å²) < 4.78 is 9.70. The molecule has 0 aliphatic carbocycles. The normalized spacial score (nSPS) is 10.7. The fourth-order valence-electron chi connectivity index (χ4n) is 1.83. The Labute approximate surface area is 140 Å². The average Bonchev–Trinajstić information content (AvgIpc) is 2.45. The lowest BCUT2D eigenvalue weighted by Crippen LogP contribution is -2.37. The molecule has 8 nitrogen and oxygen atoms in total. The molecule has 0 bridgehead atoms. The number of hydrogen-bond donors (Lipinski definition) is 3. The van der Waals surface area contributed by atoms with E-state index < -0.39 is 23.6 Å². The molecule has 0 unspecified atom stereocenters. The highest BCUT2D eigenvalue weighted by atomic mass is 16.6. The van der Waals surface area contributed by atoms with Crippen LogP contribution in [0.5, 0.6) is 0 Å².